The molecule has 1 aromatic rings. The Balaban J connectivity index is 1.58. The van der Waals surface area contributed by atoms with E-state index in [1.165, 1.54) is 6.42 Å². The van der Waals surface area contributed by atoms with Crippen LogP contribution in [0, 0.1) is 5.92 Å². The summed E-state index contributed by atoms with van der Waals surface area (Å²) >= 11 is 0. The highest BCUT2D eigenvalue weighted by atomic mass is 16.3. The van der Waals surface area contributed by atoms with Crippen LogP contribution in [0.3, 0.4) is 0 Å². The first-order valence-electron chi connectivity index (χ1n) is 12.0. The van der Waals surface area contributed by atoms with E-state index in [1.54, 1.807) is 0 Å². The average molecular weight is 440 g/mol. The molecule has 0 bridgehead atoms. The van der Waals surface area contributed by atoms with Gasteiger partial charge in [-0.05, 0) is 45.0 Å². The average Bonchev–Trinajstić information content (AvgIpc) is 2.73. The second-order valence-electron chi connectivity index (χ2n) is 10.0. The molecule has 6 heteroatoms. The van der Waals surface area contributed by atoms with Crippen molar-refractivity contribution in [1.82, 2.24) is 14.7 Å². The zero-order valence-corrected chi connectivity index (χ0v) is 19.7. The number of aliphatic hydroxyl groups excluding tert-OH is 1. The molecule has 1 spiro atoms. The lowest BCUT2D eigenvalue weighted by Gasteiger charge is -2.70. The number of amides is 2. The van der Waals surface area contributed by atoms with Crippen LogP contribution in [0.2, 0.25) is 0 Å². The predicted octanol–water partition coefficient (Wildman–Crippen LogP) is 2.73. The number of allylic oxidation sites excluding steroid dienone is 1. The van der Waals surface area contributed by atoms with E-state index in [4.69, 9.17) is 0 Å². The van der Waals surface area contributed by atoms with E-state index in [9.17, 15) is 14.7 Å². The van der Waals surface area contributed by atoms with Gasteiger partial charge in [-0.2, -0.15) is 0 Å². The first-order valence-corrected chi connectivity index (χ1v) is 12.0. The van der Waals surface area contributed by atoms with Gasteiger partial charge in [-0.3, -0.25) is 9.59 Å². The summed E-state index contributed by atoms with van der Waals surface area (Å²) in [5, 5.41) is 10.2. The van der Waals surface area contributed by atoms with Crippen LogP contribution in [0.5, 0.6) is 0 Å². The number of nitrogens with zero attached hydrogens (tertiary/aromatic N) is 3. The Morgan fingerprint density at radius 3 is 2.34 bits per heavy atom. The molecular weight excluding hydrogens is 402 g/mol. The van der Waals surface area contributed by atoms with Gasteiger partial charge in [0.25, 0.3) is 0 Å². The van der Waals surface area contributed by atoms with Gasteiger partial charge in [0.15, 0.2) is 0 Å². The Labute approximate surface area is 191 Å². The SMILES string of the molecule is C/C=C/c1ccc([C@@H]2[C@H](CO)N(C(=O)CN(C)C)C23CN(C(=O)C2CCCCC2)C3)cc1. The van der Waals surface area contributed by atoms with Crippen molar-refractivity contribution in [3.8, 4) is 0 Å². The minimum absolute atomic E-state index is 0.0283. The molecule has 32 heavy (non-hydrogen) atoms. The summed E-state index contributed by atoms with van der Waals surface area (Å²) in [5.41, 5.74) is 1.86. The number of rotatable bonds is 6. The topological polar surface area (TPSA) is 64.1 Å². The van der Waals surface area contributed by atoms with E-state index in [1.807, 2.05) is 41.8 Å². The molecule has 0 radical (unpaired) electrons. The van der Waals surface area contributed by atoms with Gasteiger partial charge >= 0.3 is 0 Å². The van der Waals surface area contributed by atoms with Crippen molar-refractivity contribution < 1.29 is 14.7 Å². The summed E-state index contributed by atoms with van der Waals surface area (Å²) < 4.78 is 0. The lowest BCUT2D eigenvalue weighted by atomic mass is 9.60. The largest absolute Gasteiger partial charge is 0.394 e. The van der Waals surface area contributed by atoms with E-state index in [-0.39, 0.29) is 36.3 Å². The normalized spacial score (nSPS) is 25.3. The third-order valence-electron chi connectivity index (χ3n) is 7.53. The van der Waals surface area contributed by atoms with Crippen molar-refractivity contribution >= 4 is 17.9 Å². The number of likely N-dealkylation sites (N-methyl/N-ethyl adjacent to an activating group) is 1. The molecule has 2 atom stereocenters. The number of benzene rings is 1. The summed E-state index contributed by atoms with van der Waals surface area (Å²) in [7, 11) is 3.77. The van der Waals surface area contributed by atoms with Crippen molar-refractivity contribution in [2.75, 3.05) is 40.3 Å². The Bertz CT molecular complexity index is 852. The van der Waals surface area contributed by atoms with Crippen molar-refractivity contribution in [1.29, 1.82) is 0 Å². The molecule has 2 amide bonds. The predicted molar refractivity (Wildman–Crippen MR) is 126 cm³/mol. The van der Waals surface area contributed by atoms with Gasteiger partial charge in [-0.1, -0.05) is 55.7 Å². The van der Waals surface area contributed by atoms with Crippen molar-refractivity contribution in [2.45, 2.75) is 56.5 Å². The van der Waals surface area contributed by atoms with Crippen LogP contribution in [-0.2, 0) is 9.59 Å². The Morgan fingerprint density at radius 1 is 1.12 bits per heavy atom. The van der Waals surface area contributed by atoms with Gasteiger partial charge in [0, 0.05) is 24.9 Å². The summed E-state index contributed by atoms with van der Waals surface area (Å²) in [6, 6.07) is 8.16. The zero-order chi connectivity index (χ0) is 22.9. The highest BCUT2D eigenvalue weighted by Crippen LogP contribution is 2.54. The standard InChI is InChI=1S/C26H37N3O3/c1-4-8-19-11-13-20(14-12-19)24-22(16-30)29(23(31)15-27(2)3)26(24)17-28(18-26)25(32)21-9-6-5-7-10-21/h4,8,11-14,21-22,24,30H,5-7,9-10,15-18H2,1-3H3/b8-4+/t22-,24+/m0/s1. The van der Waals surface area contributed by atoms with E-state index in [0.717, 1.165) is 36.8 Å². The molecule has 3 fully saturated rings. The lowest BCUT2D eigenvalue weighted by molar-refractivity contribution is -0.205. The van der Waals surface area contributed by atoms with Gasteiger partial charge in [-0.25, -0.2) is 0 Å². The molecule has 0 unspecified atom stereocenters. The highest BCUT2D eigenvalue weighted by Gasteiger charge is 2.68. The Morgan fingerprint density at radius 2 is 1.78 bits per heavy atom. The maximum Gasteiger partial charge on any atom is 0.237 e. The van der Waals surface area contributed by atoms with Gasteiger partial charge in [0.05, 0.1) is 24.7 Å². The molecule has 1 aliphatic carbocycles. The van der Waals surface area contributed by atoms with Crippen LogP contribution in [-0.4, -0.2) is 83.5 Å². The van der Waals surface area contributed by atoms with Gasteiger partial charge < -0.3 is 19.8 Å². The van der Waals surface area contributed by atoms with Crippen molar-refractivity contribution in [2.24, 2.45) is 5.92 Å². The number of carbonyl (C=O) groups excluding carboxylic acids is 2. The fourth-order valence-electron chi connectivity index (χ4n) is 6.14. The first kappa shape index (κ1) is 23.0. The summed E-state index contributed by atoms with van der Waals surface area (Å²) in [5.74, 6) is 0.457. The number of carbonyl (C=O) groups is 2. The number of aliphatic hydroxyl groups is 1. The smallest absolute Gasteiger partial charge is 0.237 e. The maximum absolute atomic E-state index is 13.2. The van der Waals surface area contributed by atoms with Crippen LogP contribution < -0.4 is 0 Å². The lowest BCUT2D eigenvalue weighted by Crippen LogP contribution is -2.86. The van der Waals surface area contributed by atoms with Crippen LogP contribution in [0.1, 0.15) is 56.1 Å². The van der Waals surface area contributed by atoms with E-state index in [2.05, 4.69) is 30.3 Å². The van der Waals surface area contributed by atoms with E-state index < -0.39 is 5.54 Å². The minimum Gasteiger partial charge on any atom is -0.394 e. The monoisotopic (exact) mass is 439 g/mol. The van der Waals surface area contributed by atoms with Crippen molar-refractivity contribution in [3.05, 3.63) is 41.5 Å². The van der Waals surface area contributed by atoms with Gasteiger partial charge in [0.1, 0.15) is 0 Å². The first-order chi connectivity index (χ1) is 15.4. The molecule has 0 aromatic heterocycles. The zero-order valence-electron chi connectivity index (χ0n) is 19.7. The highest BCUT2D eigenvalue weighted by molar-refractivity contribution is 5.84. The summed E-state index contributed by atoms with van der Waals surface area (Å²) in [4.78, 5) is 32.0. The number of hydrogen-bond acceptors (Lipinski definition) is 4. The molecule has 6 nitrogen and oxygen atoms in total. The van der Waals surface area contributed by atoms with Crippen molar-refractivity contribution in [3.63, 3.8) is 0 Å². The molecule has 1 aromatic carbocycles. The maximum atomic E-state index is 13.2. The molecular formula is C26H37N3O3. The number of hydrogen-bond donors (Lipinski definition) is 1. The quantitative estimate of drug-likeness (QED) is 0.740. The third kappa shape index (κ3) is 3.99. The van der Waals surface area contributed by atoms with Crippen LogP contribution >= 0.6 is 0 Å². The Hall–Kier alpha value is -2.18. The molecule has 2 saturated heterocycles. The summed E-state index contributed by atoms with van der Waals surface area (Å²) in [6.07, 6.45) is 9.54. The number of likely N-dealkylation sites (tertiary alicyclic amines) is 2. The summed E-state index contributed by atoms with van der Waals surface area (Å²) in [6.45, 7) is 3.37. The molecule has 2 heterocycles. The van der Waals surface area contributed by atoms with Gasteiger partial charge in [-0.15, -0.1) is 0 Å². The molecule has 1 N–H and O–H groups in total. The van der Waals surface area contributed by atoms with E-state index in [0.29, 0.717) is 19.6 Å². The minimum atomic E-state index is -0.410. The van der Waals surface area contributed by atoms with Crippen LogP contribution in [0.25, 0.3) is 6.08 Å². The molecule has 1 saturated carbocycles. The fraction of sp³-hybridized carbons (Fsp3) is 0.615. The van der Waals surface area contributed by atoms with Gasteiger partial charge in [0.2, 0.25) is 11.8 Å². The Kier molecular flexibility index (Phi) is 6.72. The van der Waals surface area contributed by atoms with E-state index >= 15 is 0 Å². The fourth-order valence-corrected chi connectivity index (χ4v) is 6.14. The molecule has 3 aliphatic rings. The third-order valence-corrected chi connectivity index (χ3v) is 7.53. The molecule has 2 aliphatic heterocycles. The van der Waals surface area contributed by atoms with Crippen LogP contribution in [0.15, 0.2) is 30.3 Å². The second kappa shape index (κ2) is 9.36. The second-order valence-corrected chi connectivity index (χ2v) is 10.0. The van der Waals surface area contributed by atoms with Crippen LogP contribution in [0.4, 0.5) is 0 Å². The molecule has 174 valence electrons. The molecule has 4 rings (SSSR count).